The van der Waals surface area contributed by atoms with Gasteiger partial charge in [0.15, 0.2) is 0 Å². The maximum absolute atomic E-state index is 3.78. The molecule has 1 unspecified atom stereocenters. The number of allylic oxidation sites excluding steroid dienone is 6. The number of hydrogen-bond acceptors (Lipinski definition) is 3. The van der Waals surface area contributed by atoms with E-state index in [4.69, 9.17) is 0 Å². The minimum absolute atomic E-state index is 0.501. The van der Waals surface area contributed by atoms with Gasteiger partial charge in [-0.15, -0.1) is 17.1 Å². The van der Waals surface area contributed by atoms with Crippen molar-refractivity contribution in [1.82, 2.24) is 9.80 Å². The van der Waals surface area contributed by atoms with Crippen LogP contribution in [0.5, 0.6) is 0 Å². The minimum Gasteiger partial charge on any atom is -0.362 e. The van der Waals surface area contributed by atoms with E-state index in [0.717, 1.165) is 45.4 Å². The first-order valence-electron chi connectivity index (χ1n) is 11.8. The molecule has 0 saturated carbocycles. The largest absolute Gasteiger partial charge is 0.362 e. The molecule has 0 radical (unpaired) electrons. The van der Waals surface area contributed by atoms with E-state index < -0.39 is 0 Å². The normalized spacial score (nSPS) is 20.4. The number of nitrogens with zero attached hydrogens (tertiary/aromatic N) is 2. The number of thiophene rings is 1. The Hall–Kier alpha value is -2.28. The van der Waals surface area contributed by atoms with Crippen molar-refractivity contribution in [2.75, 3.05) is 33.2 Å². The van der Waals surface area contributed by atoms with Crippen LogP contribution in [-0.4, -0.2) is 43.0 Å². The molecule has 1 saturated heterocycles. The molecule has 1 aromatic rings. The molecule has 3 rings (SSSR count). The minimum atomic E-state index is 0.501. The van der Waals surface area contributed by atoms with Crippen LogP contribution in [-0.2, 0) is 6.42 Å². The summed E-state index contributed by atoms with van der Waals surface area (Å²) in [6.45, 7) is 13.2. The molecule has 0 bridgehead atoms. The Morgan fingerprint density at radius 1 is 1.25 bits per heavy atom. The molecule has 170 valence electrons. The quantitative estimate of drug-likeness (QED) is 0.345. The molecule has 0 amide bonds. The Morgan fingerprint density at radius 3 is 2.75 bits per heavy atom. The summed E-state index contributed by atoms with van der Waals surface area (Å²) in [6, 6.07) is 4.34. The monoisotopic (exact) mass is 446 g/mol. The van der Waals surface area contributed by atoms with E-state index in [9.17, 15) is 0 Å². The van der Waals surface area contributed by atoms with Crippen LogP contribution in [0.2, 0.25) is 0 Å². The van der Waals surface area contributed by atoms with E-state index in [1.807, 2.05) is 11.3 Å². The fraction of sp³-hybridized carbons (Fsp3) is 0.448. The van der Waals surface area contributed by atoms with Gasteiger partial charge >= 0.3 is 0 Å². The summed E-state index contributed by atoms with van der Waals surface area (Å²) in [4.78, 5) is 6.33. The maximum atomic E-state index is 3.78. The maximum Gasteiger partial charge on any atom is 0.0952 e. The second kappa shape index (κ2) is 12.1. The third-order valence-corrected chi connectivity index (χ3v) is 7.22. The summed E-state index contributed by atoms with van der Waals surface area (Å²) in [5, 5.41) is 2.15. The van der Waals surface area contributed by atoms with E-state index >= 15 is 0 Å². The van der Waals surface area contributed by atoms with E-state index in [-0.39, 0.29) is 0 Å². The van der Waals surface area contributed by atoms with Gasteiger partial charge in [0, 0.05) is 37.5 Å². The predicted octanol–water partition coefficient (Wildman–Crippen LogP) is 6.93. The summed E-state index contributed by atoms with van der Waals surface area (Å²) >= 11 is 1.83. The molecule has 3 heteroatoms. The molecule has 32 heavy (non-hydrogen) atoms. The first-order chi connectivity index (χ1) is 15.4. The lowest BCUT2D eigenvalue weighted by Gasteiger charge is -2.35. The third-order valence-electron chi connectivity index (χ3n) is 6.34. The Balaban J connectivity index is 1.93. The topological polar surface area (TPSA) is 6.48 Å². The van der Waals surface area contributed by atoms with Crippen LogP contribution in [0.4, 0.5) is 0 Å². The lowest BCUT2D eigenvalue weighted by atomic mass is 9.97. The zero-order valence-electron chi connectivity index (χ0n) is 20.4. The van der Waals surface area contributed by atoms with Gasteiger partial charge < -0.3 is 9.80 Å². The zero-order chi connectivity index (χ0) is 22.9. The summed E-state index contributed by atoms with van der Waals surface area (Å²) in [5.74, 6) is 0.501. The van der Waals surface area contributed by atoms with E-state index in [2.05, 4.69) is 104 Å². The van der Waals surface area contributed by atoms with Crippen LogP contribution < -0.4 is 0 Å². The van der Waals surface area contributed by atoms with Crippen LogP contribution in [0, 0.1) is 5.92 Å². The second-order valence-corrected chi connectivity index (χ2v) is 10.2. The SMILES string of the molecule is CC1=C=C(C(=C=CCC=C(C)Cc2cccs2)N2CCN(C)CC2)C(C)=CC=CCC1C. The Kier molecular flexibility index (Phi) is 9.21. The molecule has 1 aromatic heterocycles. The summed E-state index contributed by atoms with van der Waals surface area (Å²) in [7, 11) is 2.21. The van der Waals surface area contributed by atoms with Gasteiger partial charge in [0.25, 0.3) is 0 Å². The van der Waals surface area contributed by atoms with Gasteiger partial charge in [-0.1, -0.05) is 48.6 Å². The standard InChI is InChI=1S/C29H38N2S/c1-23(21-27-14-10-20-32-27)11-6-9-15-29(31-18-16-30(5)17-19-31)28-22-26(4)24(2)12-7-8-13-25(28)3/h7-11,13-14,20,24H,6,12,16-19,21H2,1-5H3. The fourth-order valence-electron chi connectivity index (χ4n) is 3.95. The van der Waals surface area contributed by atoms with Gasteiger partial charge in [-0.25, -0.2) is 0 Å². The number of likely N-dealkylation sites (N-methyl/N-ethyl adjacent to an activating group) is 1. The molecule has 0 spiro atoms. The number of hydrogen-bond donors (Lipinski definition) is 0. The van der Waals surface area contributed by atoms with Gasteiger partial charge in [0.05, 0.1) is 11.3 Å². The first-order valence-corrected chi connectivity index (χ1v) is 12.7. The highest BCUT2D eigenvalue weighted by Crippen LogP contribution is 2.26. The molecule has 0 N–H and O–H groups in total. The van der Waals surface area contributed by atoms with E-state index in [1.54, 1.807) is 0 Å². The summed E-state index contributed by atoms with van der Waals surface area (Å²) in [6.07, 6.45) is 14.3. The van der Waals surface area contributed by atoms with Crippen LogP contribution in [0.25, 0.3) is 0 Å². The third kappa shape index (κ3) is 7.12. The van der Waals surface area contributed by atoms with E-state index in [0.29, 0.717) is 5.92 Å². The molecular formula is C29H38N2S. The molecule has 2 heterocycles. The van der Waals surface area contributed by atoms with Crippen molar-refractivity contribution in [1.29, 1.82) is 0 Å². The van der Waals surface area contributed by atoms with Crippen molar-refractivity contribution in [3.05, 3.63) is 92.2 Å². The van der Waals surface area contributed by atoms with Gasteiger partial charge in [0.1, 0.15) is 0 Å². The second-order valence-electron chi connectivity index (χ2n) is 9.13. The fourth-order valence-corrected chi connectivity index (χ4v) is 4.75. The van der Waals surface area contributed by atoms with Crippen molar-refractivity contribution in [3.63, 3.8) is 0 Å². The highest BCUT2D eigenvalue weighted by atomic mass is 32.1. The van der Waals surface area contributed by atoms with Gasteiger partial charge in [0.2, 0.25) is 0 Å². The van der Waals surface area contributed by atoms with Crippen molar-refractivity contribution in [2.24, 2.45) is 5.92 Å². The Morgan fingerprint density at radius 2 is 2.03 bits per heavy atom. The number of piperazine rings is 1. The lowest BCUT2D eigenvalue weighted by Crippen LogP contribution is -2.44. The van der Waals surface area contributed by atoms with Crippen molar-refractivity contribution in [2.45, 2.75) is 47.0 Å². The summed E-state index contributed by atoms with van der Waals surface area (Å²) in [5.41, 5.74) is 13.9. The van der Waals surface area contributed by atoms with Crippen LogP contribution in [0.1, 0.15) is 45.4 Å². The summed E-state index contributed by atoms with van der Waals surface area (Å²) < 4.78 is 0. The van der Waals surface area contributed by atoms with Crippen molar-refractivity contribution < 1.29 is 0 Å². The Labute approximate surface area is 199 Å². The van der Waals surface area contributed by atoms with Gasteiger partial charge in [-0.05, 0) is 75.2 Å². The smallest absolute Gasteiger partial charge is 0.0952 e. The van der Waals surface area contributed by atoms with Crippen LogP contribution in [0.3, 0.4) is 0 Å². The highest BCUT2D eigenvalue weighted by molar-refractivity contribution is 7.09. The molecule has 2 nitrogen and oxygen atoms in total. The van der Waals surface area contributed by atoms with Gasteiger partial charge in [-0.2, -0.15) is 0 Å². The van der Waals surface area contributed by atoms with Crippen molar-refractivity contribution >= 4 is 11.3 Å². The highest BCUT2D eigenvalue weighted by Gasteiger charge is 2.20. The van der Waals surface area contributed by atoms with Crippen LogP contribution in [0.15, 0.2) is 87.3 Å². The molecule has 0 aromatic carbocycles. The predicted molar refractivity (Wildman–Crippen MR) is 140 cm³/mol. The van der Waals surface area contributed by atoms with Gasteiger partial charge in [-0.3, -0.25) is 0 Å². The lowest BCUT2D eigenvalue weighted by molar-refractivity contribution is 0.189. The molecule has 1 aliphatic carbocycles. The molecule has 1 aliphatic heterocycles. The van der Waals surface area contributed by atoms with Crippen LogP contribution >= 0.6 is 11.3 Å². The molecular weight excluding hydrogens is 408 g/mol. The number of rotatable bonds is 6. The van der Waals surface area contributed by atoms with Crippen molar-refractivity contribution in [3.8, 4) is 0 Å². The molecule has 1 atom stereocenters. The zero-order valence-corrected chi connectivity index (χ0v) is 21.3. The molecule has 2 aliphatic rings. The average molecular weight is 447 g/mol. The van der Waals surface area contributed by atoms with E-state index in [1.165, 1.54) is 32.9 Å². The first kappa shape index (κ1) is 24.4. The molecule has 1 fully saturated rings. The Bertz CT molecular complexity index is 982. The average Bonchev–Trinajstić information content (AvgIpc) is 3.29.